The molecule has 0 atom stereocenters. The summed E-state index contributed by atoms with van der Waals surface area (Å²) in [6.45, 7) is 0. The highest BCUT2D eigenvalue weighted by Gasteiger charge is 2.33. The van der Waals surface area contributed by atoms with Gasteiger partial charge in [0.15, 0.2) is 0 Å². The number of benzene rings is 1. The minimum Gasteiger partial charge on any atom is -0.274 e. The summed E-state index contributed by atoms with van der Waals surface area (Å²) in [5.74, 6) is 0. The van der Waals surface area contributed by atoms with E-state index in [9.17, 15) is 13.2 Å². The van der Waals surface area contributed by atoms with Crippen molar-refractivity contribution in [3.8, 4) is 0 Å². The Morgan fingerprint density at radius 1 is 1.22 bits per heavy atom. The number of hydrogen-bond acceptors (Lipinski definition) is 2. The molecule has 0 spiro atoms. The third-order valence-corrected chi connectivity index (χ3v) is 2.89. The van der Waals surface area contributed by atoms with Gasteiger partial charge in [0.25, 0.3) is 0 Å². The van der Waals surface area contributed by atoms with Gasteiger partial charge < -0.3 is 0 Å². The summed E-state index contributed by atoms with van der Waals surface area (Å²) >= 11 is 5.87. The summed E-state index contributed by atoms with van der Waals surface area (Å²) in [6, 6.07) is 3.78. The van der Waals surface area contributed by atoms with Crippen molar-refractivity contribution in [1.82, 2.24) is 14.4 Å². The molecule has 2 heterocycles. The van der Waals surface area contributed by atoms with Gasteiger partial charge in [0.1, 0.15) is 5.65 Å². The molecule has 0 N–H and O–H groups in total. The first kappa shape index (κ1) is 11.3. The van der Waals surface area contributed by atoms with E-state index in [1.54, 1.807) is 0 Å². The van der Waals surface area contributed by atoms with Gasteiger partial charge in [-0.25, -0.2) is 9.97 Å². The van der Waals surface area contributed by atoms with Gasteiger partial charge in [0.2, 0.25) is 5.28 Å². The number of halogens is 4. The van der Waals surface area contributed by atoms with Crippen LogP contribution in [-0.4, -0.2) is 14.4 Å². The molecule has 7 heteroatoms. The number of alkyl halides is 3. The van der Waals surface area contributed by atoms with E-state index in [0.717, 1.165) is 6.07 Å². The summed E-state index contributed by atoms with van der Waals surface area (Å²) < 4.78 is 40.2. The lowest BCUT2D eigenvalue weighted by Crippen LogP contribution is -2.07. The topological polar surface area (TPSA) is 30.2 Å². The largest absolute Gasteiger partial charge is 0.417 e. The zero-order valence-electron chi connectivity index (χ0n) is 8.74. The van der Waals surface area contributed by atoms with Gasteiger partial charge in [0.05, 0.1) is 16.5 Å². The Morgan fingerprint density at radius 2 is 2.00 bits per heavy atom. The highest BCUT2D eigenvalue weighted by Crippen LogP contribution is 2.36. The van der Waals surface area contributed by atoms with E-state index in [4.69, 9.17) is 11.6 Å². The lowest BCUT2D eigenvalue weighted by Gasteiger charge is -2.11. The summed E-state index contributed by atoms with van der Waals surface area (Å²) in [4.78, 5) is 7.86. The minimum absolute atomic E-state index is 0.0422. The van der Waals surface area contributed by atoms with Gasteiger partial charge >= 0.3 is 6.18 Å². The Hall–Kier alpha value is -1.82. The van der Waals surface area contributed by atoms with Gasteiger partial charge in [-0.05, 0) is 23.7 Å². The molecule has 0 radical (unpaired) electrons. The first-order valence-electron chi connectivity index (χ1n) is 4.97. The SMILES string of the molecule is FC(F)(F)c1cccc2nc(Cl)n3ccnc3c12. The van der Waals surface area contributed by atoms with E-state index in [1.165, 1.54) is 28.9 Å². The Morgan fingerprint density at radius 3 is 2.72 bits per heavy atom. The molecule has 0 unspecified atom stereocenters. The molecule has 0 bridgehead atoms. The predicted molar refractivity (Wildman–Crippen MR) is 60.5 cm³/mol. The quantitative estimate of drug-likeness (QED) is 0.585. The van der Waals surface area contributed by atoms with Crippen molar-refractivity contribution in [3.63, 3.8) is 0 Å². The molecule has 0 saturated heterocycles. The Balaban J connectivity index is 2.57. The van der Waals surface area contributed by atoms with Crippen LogP contribution in [0.5, 0.6) is 0 Å². The van der Waals surface area contributed by atoms with Crippen LogP contribution in [0, 0.1) is 0 Å². The van der Waals surface area contributed by atoms with Crippen molar-refractivity contribution in [1.29, 1.82) is 0 Å². The van der Waals surface area contributed by atoms with Gasteiger partial charge in [0, 0.05) is 12.4 Å². The second-order valence-corrected chi connectivity index (χ2v) is 4.04. The average molecular weight is 272 g/mol. The zero-order valence-corrected chi connectivity index (χ0v) is 9.50. The predicted octanol–water partition coefficient (Wildman–Crippen LogP) is 3.55. The number of hydrogen-bond donors (Lipinski definition) is 0. The molecule has 18 heavy (non-hydrogen) atoms. The van der Waals surface area contributed by atoms with Crippen LogP contribution in [-0.2, 0) is 6.18 Å². The fourth-order valence-corrected chi connectivity index (χ4v) is 2.12. The van der Waals surface area contributed by atoms with Crippen LogP contribution in [0.2, 0.25) is 5.28 Å². The molecular formula is C11H5ClF3N3. The van der Waals surface area contributed by atoms with Crippen LogP contribution in [0.4, 0.5) is 13.2 Å². The van der Waals surface area contributed by atoms with Crippen LogP contribution in [0.25, 0.3) is 16.6 Å². The normalized spacial score (nSPS) is 12.4. The molecule has 0 fully saturated rings. The van der Waals surface area contributed by atoms with E-state index in [2.05, 4.69) is 9.97 Å². The second-order valence-electron chi connectivity index (χ2n) is 3.70. The number of rotatable bonds is 0. The van der Waals surface area contributed by atoms with E-state index in [-0.39, 0.29) is 21.8 Å². The monoisotopic (exact) mass is 271 g/mol. The molecule has 1 aromatic carbocycles. The van der Waals surface area contributed by atoms with Crippen LogP contribution in [0.1, 0.15) is 5.56 Å². The van der Waals surface area contributed by atoms with Crippen molar-refractivity contribution < 1.29 is 13.2 Å². The third-order valence-electron chi connectivity index (χ3n) is 2.62. The molecule has 2 aromatic heterocycles. The lowest BCUT2D eigenvalue weighted by molar-refractivity contribution is -0.136. The molecule has 0 aliphatic carbocycles. The maximum Gasteiger partial charge on any atom is 0.417 e. The van der Waals surface area contributed by atoms with Crippen LogP contribution in [0.3, 0.4) is 0 Å². The number of imidazole rings is 1. The second kappa shape index (κ2) is 3.58. The maximum atomic E-state index is 13.0. The highest BCUT2D eigenvalue weighted by molar-refractivity contribution is 6.29. The summed E-state index contributed by atoms with van der Waals surface area (Å²) in [6.07, 6.45) is -1.60. The Bertz CT molecular complexity index is 748. The van der Waals surface area contributed by atoms with Crippen molar-refractivity contribution in [2.75, 3.05) is 0 Å². The minimum atomic E-state index is -4.46. The maximum absolute atomic E-state index is 13.0. The molecule has 0 aliphatic heterocycles. The third kappa shape index (κ3) is 1.53. The van der Waals surface area contributed by atoms with E-state index < -0.39 is 11.7 Å². The molecular weight excluding hydrogens is 267 g/mol. The Kier molecular flexibility index (Phi) is 2.25. The first-order chi connectivity index (χ1) is 8.48. The van der Waals surface area contributed by atoms with Crippen molar-refractivity contribution in [2.24, 2.45) is 0 Å². The van der Waals surface area contributed by atoms with Gasteiger partial charge in [-0.15, -0.1) is 0 Å². The van der Waals surface area contributed by atoms with E-state index >= 15 is 0 Å². The highest BCUT2D eigenvalue weighted by atomic mass is 35.5. The average Bonchev–Trinajstić information content (AvgIpc) is 2.76. The molecule has 0 saturated carbocycles. The standard InChI is InChI=1S/C11H5ClF3N3/c12-10-17-7-3-1-2-6(11(13,14)15)8(7)9-16-4-5-18(9)10/h1-5H. The van der Waals surface area contributed by atoms with Crippen LogP contribution >= 0.6 is 11.6 Å². The number of fused-ring (bicyclic) bond motifs is 3. The van der Waals surface area contributed by atoms with E-state index in [0.29, 0.717) is 0 Å². The van der Waals surface area contributed by atoms with Gasteiger partial charge in [-0.1, -0.05) is 6.07 Å². The molecule has 3 nitrogen and oxygen atoms in total. The molecule has 3 rings (SSSR count). The zero-order chi connectivity index (χ0) is 12.9. The van der Waals surface area contributed by atoms with Gasteiger partial charge in [-0.2, -0.15) is 13.2 Å². The number of nitrogens with zero attached hydrogens (tertiary/aromatic N) is 3. The lowest BCUT2D eigenvalue weighted by atomic mass is 10.1. The molecule has 92 valence electrons. The first-order valence-corrected chi connectivity index (χ1v) is 5.35. The Labute approximate surface area is 104 Å². The summed E-state index contributed by atoms with van der Waals surface area (Å²) in [5.41, 5.74) is -0.438. The number of aromatic nitrogens is 3. The molecule has 3 aromatic rings. The van der Waals surface area contributed by atoms with Gasteiger partial charge in [-0.3, -0.25) is 4.40 Å². The fourth-order valence-electron chi connectivity index (χ4n) is 1.90. The summed E-state index contributed by atoms with van der Waals surface area (Å²) in [5, 5.41) is 0.0359. The van der Waals surface area contributed by atoms with Crippen LogP contribution in [0.15, 0.2) is 30.6 Å². The smallest absolute Gasteiger partial charge is 0.274 e. The molecule has 0 amide bonds. The fraction of sp³-hybridized carbons (Fsp3) is 0.0909. The summed E-state index contributed by atoms with van der Waals surface area (Å²) in [7, 11) is 0. The van der Waals surface area contributed by atoms with Crippen molar-refractivity contribution in [3.05, 3.63) is 41.4 Å². The van der Waals surface area contributed by atoms with E-state index in [1.807, 2.05) is 0 Å². The van der Waals surface area contributed by atoms with Crippen LogP contribution < -0.4 is 0 Å². The molecule has 0 aliphatic rings. The van der Waals surface area contributed by atoms with Crippen molar-refractivity contribution in [2.45, 2.75) is 6.18 Å². The van der Waals surface area contributed by atoms with Crippen molar-refractivity contribution >= 4 is 28.2 Å².